The van der Waals surface area contributed by atoms with Gasteiger partial charge in [0.05, 0.1) is 0 Å². The number of halogens is 1. The van der Waals surface area contributed by atoms with Crippen molar-refractivity contribution in [2.75, 3.05) is 13.2 Å². The van der Waals surface area contributed by atoms with E-state index in [0.717, 1.165) is 9.13 Å². The molecule has 1 aromatic rings. The van der Waals surface area contributed by atoms with Crippen molar-refractivity contribution in [2.45, 2.75) is 6.10 Å². The van der Waals surface area contributed by atoms with E-state index in [1.165, 1.54) is 4.90 Å². The molecule has 0 aliphatic carbocycles. The molecule has 96 valence electrons. The Balaban J connectivity index is 1.90. The van der Waals surface area contributed by atoms with Gasteiger partial charge in [0.2, 0.25) is 0 Å². The van der Waals surface area contributed by atoms with Crippen molar-refractivity contribution in [3.8, 4) is 5.75 Å². The molecule has 0 radical (unpaired) electrons. The first kappa shape index (κ1) is 11.7. The molecule has 2 aliphatic rings. The summed E-state index contributed by atoms with van der Waals surface area (Å²) < 4.78 is 10.4. The zero-order valence-electron chi connectivity index (χ0n) is 9.21. The fourth-order valence-corrected chi connectivity index (χ4v) is 4.01. The Kier molecular flexibility index (Phi) is 2.86. The van der Waals surface area contributed by atoms with Crippen LogP contribution in [-0.2, 0) is 4.74 Å². The van der Waals surface area contributed by atoms with Crippen LogP contribution in [0.3, 0.4) is 0 Å². The molecule has 0 bridgehead atoms. The number of nitrogens with zero attached hydrogens (tertiary/aromatic N) is 2. The molecule has 3 rings (SSSR count). The number of aliphatic hydroxyl groups excluding tert-OH is 1. The van der Waals surface area contributed by atoms with Crippen LogP contribution in [0, 0.1) is 3.57 Å². The van der Waals surface area contributed by atoms with Crippen LogP contribution in [0.5, 0.6) is 5.75 Å². The number of amides is 1. The number of benzene rings is 1. The third kappa shape index (κ3) is 1.83. The van der Waals surface area contributed by atoms with E-state index in [1.807, 2.05) is 0 Å². The van der Waals surface area contributed by atoms with Gasteiger partial charge in [0.25, 0.3) is 0 Å². The van der Waals surface area contributed by atoms with Crippen LogP contribution in [0.1, 0.15) is 5.56 Å². The second kappa shape index (κ2) is 4.39. The number of carbonyl (C=O) groups is 1. The number of aromatic hydroxyl groups is 1. The van der Waals surface area contributed by atoms with Crippen LogP contribution in [0.4, 0.5) is 4.79 Å². The number of phenols is 1. The summed E-state index contributed by atoms with van der Waals surface area (Å²) in [7, 11) is 0. The van der Waals surface area contributed by atoms with E-state index in [2.05, 4.69) is 3.21 Å². The number of ether oxygens (including phenoxy) is 1. The molecule has 1 fully saturated rings. The Morgan fingerprint density at radius 1 is 1.56 bits per heavy atom. The van der Waals surface area contributed by atoms with E-state index in [4.69, 9.17) is 9.84 Å². The van der Waals surface area contributed by atoms with Gasteiger partial charge in [-0.25, -0.2) is 0 Å². The molecule has 1 unspecified atom stereocenters. The molecule has 1 saturated heterocycles. The first-order chi connectivity index (χ1) is 8.69. The standard InChI is InChI=1S/C11H10IN2O4/c15-5-7-4-14(11(17)18-7)10-8-2-1-6(16)3-9(8)12-13-10/h1-3,7,15-16H,4-5H2/q-1. The Bertz CT molecular complexity index is 546. The summed E-state index contributed by atoms with van der Waals surface area (Å²) in [5.41, 5.74) is 0.871. The van der Waals surface area contributed by atoms with Crippen LogP contribution in [0.25, 0.3) is 0 Å². The minimum atomic E-state index is -0.575. The third-order valence-corrected chi connectivity index (χ3v) is 4.85. The number of amidine groups is 1. The maximum absolute atomic E-state index is 11.7. The van der Waals surface area contributed by atoms with Crippen LogP contribution >= 0.6 is 0 Å². The number of hydrogen-bond acceptors (Lipinski definition) is 5. The maximum atomic E-state index is 11.7. The molecule has 0 spiro atoms. The van der Waals surface area contributed by atoms with E-state index in [-0.39, 0.29) is 12.4 Å². The van der Waals surface area contributed by atoms with Gasteiger partial charge >= 0.3 is 114 Å². The number of fused-ring (bicyclic) bond motifs is 1. The zero-order chi connectivity index (χ0) is 12.7. The number of rotatable bonds is 1. The SMILES string of the molecule is O=C1OC(CO)CN1C1=N[I-]c2cc(O)ccc21. The van der Waals surface area contributed by atoms with E-state index in [1.54, 1.807) is 18.2 Å². The summed E-state index contributed by atoms with van der Waals surface area (Å²) in [6.45, 7) is 0.130. The molecular weight excluding hydrogens is 351 g/mol. The predicted molar refractivity (Wildman–Crippen MR) is 57.4 cm³/mol. The second-order valence-electron chi connectivity index (χ2n) is 3.96. The van der Waals surface area contributed by atoms with Crippen LogP contribution in [-0.4, -0.2) is 46.3 Å². The van der Waals surface area contributed by atoms with Crippen molar-refractivity contribution in [1.82, 2.24) is 4.90 Å². The van der Waals surface area contributed by atoms with Gasteiger partial charge in [0.1, 0.15) is 0 Å². The molecule has 7 heteroatoms. The molecule has 6 nitrogen and oxygen atoms in total. The predicted octanol–water partition coefficient (Wildman–Crippen LogP) is -2.86. The molecule has 1 atom stereocenters. The number of cyclic esters (lactones) is 1. The van der Waals surface area contributed by atoms with Crippen LogP contribution in [0.2, 0.25) is 0 Å². The van der Waals surface area contributed by atoms with Crippen molar-refractivity contribution < 1.29 is 41.2 Å². The summed E-state index contributed by atoms with van der Waals surface area (Å²) >= 11 is -0.575. The summed E-state index contributed by atoms with van der Waals surface area (Å²) in [6, 6.07) is 5.02. The van der Waals surface area contributed by atoms with Crippen LogP contribution < -0.4 is 21.5 Å². The molecule has 0 aromatic heterocycles. The first-order valence-corrected chi connectivity index (χ1v) is 7.38. The fourth-order valence-electron chi connectivity index (χ4n) is 1.87. The number of hydrogen-bond donors (Lipinski definition) is 2. The van der Waals surface area contributed by atoms with Gasteiger partial charge in [-0.1, -0.05) is 0 Å². The third-order valence-electron chi connectivity index (χ3n) is 2.74. The Morgan fingerprint density at radius 2 is 2.39 bits per heavy atom. The molecule has 2 aliphatic heterocycles. The summed E-state index contributed by atoms with van der Waals surface area (Å²) in [5.74, 6) is 0.806. The number of phenolic OH excluding ortho intramolecular Hbond substituents is 1. The van der Waals surface area contributed by atoms with Crippen molar-refractivity contribution in [2.24, 2.45) is 3.21 Å². The van der Waals surface area contributed by atoms with E-state index >= 15 is 0 Å². The van der Waals surface area contributed by atoms with Gasteiger partial charge in [-0.05, 0) is 0 Å². The van der Waals surface area contributed by atoms with Gasteiger partial charge in [-0.3, -0.25) is 0 Å². The van der Waals surface area contributed by atoms with Crippen molar-refractivity contribution >= 4 is 11.9 Å². The topological polar surface area (TPSA) is 82.4 Å². The van der Waals surface area contributed by atoms with Crippen LogP contribution in [0.15, 0.2) is 21.4 Å². The number of aliphatic hydroxyl groups is 1. The fraction of sp³-hybridized carbons (Fsp3) is 0.273. The van der Waals surface area contributed by atoms with E-state index < -0.39 is 33.7 Å². The van der Waals surface area contributed by atoms with Gasteiger partial charge in [0, 0.05) is 0 Å². The Hall–Kier alpha value is -1.35. The quantitative estimate of drug-likeness (QED) is 0.528. The normalized spacial score (nSPS) is 22.3. The molecule has 2 N–H and O–H groups in total. The summed E-state index contributed by atoms with van der Waals surface area (Å²) in [5, 5.41) is 18.4. The zero-order valence-corrected chi connectivity index (χ0v) is 11.4. The molecule has 0 saturated carbocycles. The molecule has 1 amide bonds. The molecule has 1 aromatic carbocycles. The first-order valence-electron chi connectivity index (χ1n) is 5.33. The van der Waals surface area contributed by atoms with Crippen molar-refractivity contribution in [1.29, 1.82) is 0 Å². The molecular formula is C11H10IN2O4-. The minimum absolute atomic E-state index is 0.187. The van der Waals surface area contributed by atoms with Gasteiger partial charge in [0.15, 0.2) is 0 Å². The number of carbonyl (C=O) groups excluding carboxylic acids is 1. The molecule has 2 heterocycles. The molecule has 18 heavy (non-hydrogen) atoms. The average Bonchev–Trinajstić information content (AvgIpc) is 2.91. The Morgan fingerprint density at radius 3 is 3.11 bits per heavy atom. The van der Waals surface area contributed by atoms with Gasteiger partial charge in [-0.15, -0.1) is 0 Å². The van der Waals surface area contributed by atoms with Gasteiger partial charge < -0.3 is 0 Å². The van der Waals surface area contributed by atoms with Crippen molar-refractivity contribution in [3.05, 3.63) is 27.3 Å². The summed E-state index contributed by atoms with van der Waals surface area (Å²) in [6.07, 6.45) is -0.961. The summed E-state index contributed by atoms with van der Waals surface area (Å²) in [4.78, 5) is 13.1. The van der Waals surface area contributed by atoms with Gasteiger partial charge in [-0.2, -0.15) is 0 Å². The second-order valence-corrected chi connectivity index (χ2v) is 6.08. The average molecular weight is 361 g/mol. The van der Waals surface area contributed by atoms with E-state index in [9.17, 15) is 9.90 Å². The Labute approximate surface area is 114 Å². The monoisotopic (exact) mass is 361 g/mol. The van der Waals surface area contributed by atoms with E-state index in [0.29, 0.717) is 12.4 Å². The van der Waals surface area contributed by atoms with Crippen molar-refractivity contribution in [3.63, 3.8) is 0 Å².